The number of benzene rings is 2. The molecule has 32 heavy (non-hydrogen) atoms. The number of ether oxygens (including phenoxy) is 2. The lowest BCUT2D eigenvalue weighted by Crippen LogP contribution is -2.37. The van der Waals surface area contributed by atoms with Gasteiger partial charge in [-0.05, 0) is 50.6 Å². The van der Waals surface area contributed by atoms with Crippen LogP contribution in [0, 0.1) is 0 Å². The summed E-state index contributed by atoms with van der Waals surface area (Å²) in [5.41, 5.74) is 1.12. The standard InChI is InChI=1S/C27H36ClNO3/c1-3-4-5-9-15-27(30)32-26-19-22(28)16-17-24(26)31-25(21-12-7-6-8-13-21)20-23-14-10-11-18-29(23)2/h6-8,12-13,16-17,19,23,25H,3-5,9-11,14-15,18,20H2,1-2H3. The number of halogens is 1. The lowest BCUT2D eigenvalue weighted by Gasteiger charge is -2.35. The van der Waals surface area contributed by atoms with Gasteiger partial charge in [-0.2, -0.15) is 0 Å². The fourth-order valence-electron chi connectivity index (χ4n) is 4.29. The Labute approximate surface area is 197 Å². The van der Waals surface area contributed by atoms with E-state index in [1.807, 2.05) is 24.3 Å². The van der Waals surface area contributed by atoms with Crippen LogP contribution in [0.5, 0.6) is 11.5 Å². The van der Waals surface area contributed by atoms with Crippen LogP contribution in [0.15, 0.2) is 48.5 Å². The Morgan fingerprint density at radius 1 is 1.09 bits per heavy atom. The first-order valence-corrected chi connectivity index (χ1v) is 12.4. The molecule has 0 N–H and O–H groups in total. The molecule has 174 valence electrons. The number of carbonyl (C=O) groups excluding carboxylic acids is 1. The highest BCUT2D eigenvalue weighted by atomic mass is 35.5. The molecule has 3 rings (SSSR count). The van der Waals surface area contributed by atoms with Crippen molar-refractivity contribution in [1.82, 2.24) is 4.90 Å². The average Bonchev–Trinajstić information content (AvgIpc) is 2.80. The first-order valence-electron chi connectivity index (χ1n) is 12.0. The Hall–Kier alpha value is -2.04. The fraction of sp³-hybridized carbons (Fsp3) is 0.519. The topological polar surface area (TPSA) is 38.8 Å². The average molecular weight is 458 g/mol. The largest absolute Gasteiger partial charge is 0.482 e. The third kappa shape index (κ3) is 7.53. The van der Waals surface area contributed by atoms with Gasteiger partial charge in [-0.25, -0.2) is 0 Å². The number of hydrogen-bond acceptors (Lipinski definition) is 4. The Balaban J connectivity index is 1.75. The molecule has 4 nitrogen and oxygen atoms in total. The second-order valence-corrected chi connectivity index (χ2v) is 9.20. The Morgan fingerprint density at radius 3 is 2.66 bits per heavy atom. The zero-order valence-electron chi connectivity index (χ0n) is 19.4. The van der Waals surface area contributed by atoms with Gasteiger partial charge in [-0.15, -0.1) is 0 Å². The smallest absolute Gasteiger partial charge is 0.311 e. The molecule has 0 saturated carbocycles. The van der Waals surface area contributed by atoms with Crippen LogP contribution in [0.25, 0.3) is 0 Å². The van der Waals surface area contributed by atoms with Crippen molar-refractivity contribution in [3.8, 4) is 11.5 Å². The van der Waals surface area contributed by atoms with Crippen LogP contribution in [-0.4, -0.2) is 30.5 Å². The van der Waals surface area contributed by atoms with Crippen LogP contribution in [0.1, 0.15) is 76.4 Å². The van der Waals surface area contributed by atoms with E-state index in [2.05, 4.69) is 31.0 Å². The van der Waals surface area contributed by atoms with Gasteiger partial charge >= 0.3 is 5.97 Å². The van der Waals surface area contributed by atoms with E-state index in [1.165, 1.54) is 19.3 Å². The molecule has 2 aromatic rings. The minimum Gasteiger partial charge on any atom is -0.482 e. The highest BCUT2D eigenvalue weighted by Gasteiger charge is 2.26. The first kappa shape index (κ1) is 24.6. The number of esters is 1. The van der Waals surface area contributed by atoms with Gasteiger partial charge in [-0.1, -0.05) is 74.5 Å². The van der Waals surface area contributed by atoms with E-state index in [-0.39, 0.29) is 12.1 Å². The number of likely N-dealkylation sites (tertiary alicyclic amines) is 1. The summed E-state index contributed by atoms with van der Waals surface area (Å²) >= 11 is 6.22. The number of unbranched alkanes of at least 4 members (excludes halogenated alkanes) is 3. The van der Waals surface area contributed by atoms with Gasteiger partial charge in [0.1, 0.15) is 6.10 Å². The fourth-order valence-corrected chi connectivity index (χ4v) is 4.45. The second-order valence-electron chi connectivity index (χ2n) is 8.76. The van der Waals surface area contributed by atoms with Crippen LogP contribution >= 0.6 is 11.6 Å². The predicted molar refractivity (Wildman–Crippen MR) is 131 cm³/mol. The molecule has 0 amide bonds. The third-order valence-electron chi connectivity index (χ3n) is 6.21. The molecular weight excluding hydrogens is 422 g/mol. The summed E-state index contributed by atoms with van der Waals surface area (Å²) in [7, 11) is 2.19. The van der Waals surface area contributed by atoms with E-state index in [0.29, 0.717) is 29.0 Å². The Kier molecular flexibility index (Phi) is 9.89. The number of piperidine rings is 1. The zero-order valence-corrected chi connectivity index (χ0v) is 20.2. The first-order chi connectivity index (χ1) is 15.6. The van der Waals surface area contributed by atoms with E-state index in [1.54, 1.807) is 12.1 Å². The molecule has 0 bridgehead atoms. The second kappa shape index (κ2) is 12.9. The molecule has 0 aliphatic carbocycles. The molecule has 1 aliphatic rings. The molecule has 2 aromatic carbocycles. The molecule has 0 spiro atoms. The number of rotatable bonds is 11. The highest BCUT2D eigenvalue weighted by Crippen LogP contribution is 2.37. The van der Waals surface area contributed by atoms with Crippen molar-refractivity contribution < 1.29 is 14.3 Å². The maximum Gasteiger partial charge on any atom is 0.311 e. The van der Waals surface area contributed by atoms with Crippen molar-refractivity contribution in [2.45, 2.75) is 76.9 Å². The van der Waals surface area contributed by atoms with Crippen molar-refractivity contribution >= 4 is 17.6 Å². The summed E-state index contributed by atoms with van der Waals surface area (Å²) in [4.78, 5) is 14.9. The molecule has 0 aromatic heterocycles. The molecule has 1 heterocycles. The Morgan fingerprint density at radius 2 is 1.91 bits per heavy atom. The molecule has 1 saturated heterocycles. The van der Waals surface area contributed by atoms with Gasteiger partial charge in [0.25, 0.3) is 0 Å². The summed E-state index contributed by atoms with van der Waals surface area (Å²) < 4.78 is 12.2. The van der Waals surface area contributed by atoms with Crippen LogP contribution in [0.4, 0.5) is 0 Å². The Bertz CT molecular complexity index is 842. The summed E-state index contributed by atoms with van der Waals surface area (Å²) in [6.45, 7) is 3.27. The molecule has 2 unspecified atom stereocenters. The normalized spacial score (nSPS) is 17.7. The molecule has 0 radical (unpaired) electrons. The summed E-state index contributed by atoms with van der Waals surface area (Å²) in [6.07, 6.45) is 8.96. The van der Waals surface area contributed by atoms with Gasteiger partial charge in [-0.3, -0.25) is 4.79 Å². The predicted octanol–water partition coefficient (Wildman–Crippen LogP) is 7.21. The van der Waals surface area contributed by atoms with Gasteiger partial charge in [0.05, 0.1) is 0 Å². The van der Waals surface area contributed by atoms with E-state index < -0.39 is 0 Å². The van der Waals surface area contributed by atoms with Gasteiger partial charge in [0, 0.05) is 30.0 Å². The molecule has 2 atom stereocenters. The molecule has 1 fully saturated rings. The highest BCUT2D eigenvalue weighted by molar-refractivity contribution is 6.30. The maximum absolute atomic E-state index is 12.4. The molecule has 1 aliphatic heterocycles. The maximum atomic E-state index is 12.4. The lowest BCUT2D eigenvalue weighted by molar-refractivity contribution is -0.134. The van der Waals surface area contributed by atoms with Crippen molar-refractivity contribution in [3.05, 3.63) is 59.1 Å². The van der Waals surface area contributed by atoms with E-state index in [9.17, 15) is 4.79 Å². The monoisotopic (exact) mass is 457 g/mol. The van der Waals surface area contributed by atoms with Crippen LogP contribution in [0.2, 0.25) is 5.02 Å². The van der Waals surface area contributed by atoms with Gasteiger partial charge in [0.15, 0.2) is 11.5 Å². The van der Waals surface area contributed by atoms with Crippen LogP contribution < -0.4 is 9.47 Å². The van der Waals surface area contributed by atoms with Crippen LogP contribution in [-0.2, 0) is 4.79 Å². The van der Waals surface area contributed by atoms with Gasteiger partial charge in [0.2, 0.25) is 0 Å². The quantitative estimate of drug-likeness (QED) is 0.203. The lowest BCUT2D eigenvalue weighted by atomic mass is 9.94. The van der Waals surface area contributed by atoms with Crippen molar-refractivity contribution in [2.24, 2.45) is 0 Å². The van der Waals surface area contributed by atoms with Gasteiger partial charge < -0.3 is 14.4 Å². The van der Waals surface area contributed by atoms with Crippen molar-refractivity contribution in [3.63, 3.8) is 0 Å². The van der Waals surface area contributed by atoms with E-state index in [4.69, 9.17) is 21.1 Å². The van der Waals surface area contributed by atoms with E-state index in [0.717, 1.165) is 44.2 Å². The third-order valence-corrected chi connectivity index (χ3v) is 6.45. The summed E-state index contributed by atoms with van der Waals surface area (Å²) in [5.74, 6) is 0.719. The van der Waals surface area contributed by atoms with Crippen LogP contribution in [0.3, 0.4) is 0 Å². The minimum atomic E-state index is -0.239. The number of nitrogens with zero attached hydrogens (tertiary/aromatic N) is 1. The molecular formula is C27H36ClNO3. The number of hydrogen-bond donors (Lipinski definition) is 0. The van der Waals surface area contributed by atoms with Crippen molar-refractivity contribution in [2.75, 3.05) is 13.6 Å². The summed E-state index contributed by atoms with van der Waals surface area (Å²) in [6, 6.07) is 16.0. The summed E-state index contributed by atoms with van der Waals surface area (Å²) in [5, 5.41) is 0.523. The van der Waals surface area contributed by atoms with Crippen molar-refractivity contribution in [1.29, 1.82) is 0 Å². The number of carbonyl (C=O) groups is 1. The van der Waals surface area contributed by atoms with E-state index >= 15 is 0 Å². The molecule has 5 heteroatoms. The SMILES string of the molecule is CCCCCCC(=O)Oc1cc(Cl)ccc1OC(CC1CCCCN1C)c1ccccc1. The zero-order chi connectivity index (χ0) is 22.8. The minimum absolute atomic E-state index is 0.134.